The van der Waals surface area contributed by atoms with E-state index < -0.39 is 0 Å². The van der Waals surface area contributed by atoms with Crippen molar-refractivity contribution in [2.75, 3.05) is 13.1 Å². The van der Waals surface area contributed by atoms with Gasteiger partial charge >= 0.3 is 0 Å². The first kappa shape index (κ1) is 23.2. The van der Waals surface area contributed by atoms with Crippen molar-refractivity contribution >= 4 is 53.7 Å². The van der Waals surface area contributed by atoms with Crippen molar-refractivity contribution < 1.29 is 4.79 Å². The predicted molar refractivity (Wildman–Crippen MR) is 107 cm³/mol. The van der Waals surface area contributed by atoms with E-state index in [4.69, 9.17) is 11.6 Å². The fourth-order valence-corrected chi connectivity index (χ4v) is 3.20. The zero-order valence-electron chi connectivity index (χ0n) is 13.5. The average molecular weight is 411 g/mol. The van der Waals surface area contributed by atoms with Crippen LogP contribution in [0.3, 0.4) is 0 Å². The molecule has 0 saturated heterocycles. The first-order valence-electron chi connectivity index (χ1n) is 7.29. The Kier molecular flexibility index (Phi) is 11.2. The van der Waals surface area contributed by atoms with Gasteiger partial charge in [0.2, 0.25) is 5.91 Å². The molecule has 1 heterocycles. The summed E-state index contributed by atoms with van der Waals surface area (Å²) < 4.78 is 0. The molecule has 1 atom stereocenters. The van der Waals surface area contributed by atoms with Gasteiger partial charge in [-0.05, 0) is 19.5 Å². The maximum atomic E-state index is 11.9. The molecule has 1 amide bonds. The minimum atomic E-state index is -0.0132. The highest BCUT2D eigenvalue weighted by molar-refractivity contribution is 7.13. The van der Waals surface area contributed by atoms with E-state index in [9.17, 15) is 4.79 Å². The smallest absolute Gasteiger partial charge is 0.226 e. The van der Waals surface area contributed by atoms with E-state index in [1.807, 2.05) is 43.5 Å². The standard InChI is InChI=1S/C16H20ClN3OS.2ClH/c1-3-18-11(2)9-19-15(21)8-12-10-22-16(20-12)13-6-4-5-7-14(13)17;;/h4-7,10-11,18H,3,8-9H2,1-2H3,(H,19,21);2*1H/t11-;;/m1../s1. The summed E-state index contributed by atoms with van der Waals surface area (Å²) in [6.07, 6.45) is 0.291. The topological polar surface area (TPSA) is 54.0 Å². The number of nitrogens with zero attached hydrogens (tertiary/aromatic N) is 1. The third-order valence-electron chi connectivity index (χ3n) is 3.16. The molecule has 1 aromatic heterocycles. The van der Waals surface area contributed by atoms with Crippen LogP contribution >= 0.6 is 47.8 Å². The summed E-state index contributed by atoms with van der Waals surface area (Å²) in [6, 6.07) is 7.86. The molecular weight excluding hydrogens is 389 g/mol. The Balaban J connectivity index is 0.00000264. The van der Waals surface area contributed by atoms with E-state index in [1.54, 1.807) is 0 Å². The van der Waals surface area contributed by atoms with Gasteiger partial charge in [0.25, 0.3) is 0 Å². The number of halogens is 3. The molecule has 134 valence electrons. The van der Waals surface area contributed by atoms with Crippen LogP contribution in [-0.4, -0.2) is 30.0 Å². The Morgan fingerprint density at radius 3 is 2.71 bits per heavy atom. The number of nitrogens with one attached hydrogen (secondary N) is 2. The lowest BCUT2D eigenvalue weighted by Crippen LogP contribution is -2.39. The molecule has 1 aromatic carbocycles. The average Bonchev–Trinajstić information content (AvgIpc) is 2.94. The van der Waals surface area contributed by atoms with Crippen molar-refractivity contribution in [1.82, 2.24) is 15.6 Å². The van der Waals surface area contributed by atoms with Gasteiger partial charge in [-0.25, -0.2) is 4.98 Å². The molecule has 0 fully saturated rings. The van der Waals surface area contributed by atoms with Crippen molar-refractivity contribution in [3.05, 3.63) is 40.4 Å². The van der Waals surface area contributed by atoms with Crippen LogP contribution in [0.4, 0.5) is 0 Å². The van der Waals surface area contributed by atoms with Gasteiger partial charge in [0.15, 0.2) is 0 Å². The molecule has 8 heteroatoms. The summed E-state index contributed by atoms with van der Waals surface area (Å²) in [4.78, 5) is 16.4. The molecule has 0 bridgehead atoms. The second kappa shape index (κ2) is 11.7. The number of rotatable bonds is 7. The van der Waals surface area contributed by atoms with Crippen LogP contribution < -0.4 is 10.6 Å². The summed E-state index contributed by atoms with van der Waals surface area (Å²) in [7, 11) is 0. The van der Waals surface area contributed by atoms with Crippen molar-refractivity contribution in [3.63, 3.8) is 0 Å². The number of carbonyl (C=O) groups is 1. The molecule has 0 saturated carbocycles. The molecule has 2 aromatic rings. The second-order valence-electron chi connectivity index (χ2n) is 5.06. The molecule has 2 N–H and O–H groups in total. The number of carbonyl (C=O) groups excluding carboxylic acids is 1. The molecule has 0 aliphatic heterocycles. The van der Waals surface area contributed by atoms with Gasteiger partial charge in [0, 0.05) is 23.5 Å². The Morgan fingerprint density at radius 1 is 1.33 bits per heavy atom. The lowest BCUT2D eigenvalue weighted by molar-refractivity contribution is -0.120. The molecule has 4 nitrogen and oxygen atoms in total. The van der Waals surface area contributed by atoms with Gasteiger partial charge in [0.1, 0.15) is 5.01 Å². The summed E-state index contributed by atoms with van der Waals surface area (Å²) in [6.45, 7) is 5.60. The normalized spacial score (nSPS) is 11.1. The molecule has 24 heavy (non-hydrogen) atoms. The lowest BCUT2D eigenvalue weighted by atomic mass is 10.2. The van der Waals surface area contributed by atoms with Gasteiger partial charge in [0.05, 0.1) is 17.1 Å². The minimum Gasteiger partial charge on any atom is -0.354 e. The number of likely N-dealkylation sites (N-methyl/N-ethyl adjacent to an activating group) is 1. The van der Waals surface area contributed by atoms with Gasteiger partial charge in [-0.2, -0.15) is 0 Å². The summed E-state index contributed by atoms with van der Waals surface area (Å²) in [5.41, 5.74) is 1.68. The molecular formula is C16H22Cl3N3OS. The third kappa shape index (κ3) is 6.95. The van der Waals surface area contributed by atoms with Gasteiger partial charge in [-0.15, -0.1) is 36.2 Å². The zero-order valence-corrected chi connectivity index (χ0v) is 16.7. The van der Waals surface area contributed by atoms with Crippen LogP contribution in [0.25, 0.3) is 10.6 Å². The fourth-order valence-electron chi connectivity index (χ4n) is 2.06. The van der Waals surface area contributed by atoms with Crippen LogP contribution in [0.2, 0.25) is 5.02 Å². The minimum absolute atomic E-state index is 0. The summed E-state index contributed by atoms with van der Waals surface area (Å²) in [5.74, 6) is -0.0132. The van der Waals surface area contributed by atoms with Crippen LogP contribution in [-0.2, 0) is 11.2 Å². The highest BCUT2D eigenvalue weighted by Gasteiger charge is 2.11. The molecule has 0 aliphatic rings. The predicted octanol–water partition coefficient (Wildman–Crippen LogP) is 3.96. The Hall–Kier alpha value is -0.850. The van der Waals surface area contributed by atoms with Crippen LogP contribution in [0.5, 0.6) is 0 Å². The van der Waals surface area contributed by atoms with Crippen molar-refractivity contribution in [2.24, 2.45) is 0 Å². The second-order valence-corrected chi connectivity index (χ2v) is 6.33. The van der Waals surface area contributed by atoms with E-state index in [2.05, 4.69) is 15.6 Å². The third-order valence-corrected chi connectivity index (χ3v) is 4.41. The fraction of sp³-hybridized carbons (Fsp3) is 0.375. The van der Waals surface area contributed by atoms with Gasteiger partial charge in [-0.1, -0.05) is 36.7 Å². The maximum absolute atomic E-state index is 11.9. The molecule has 0 radical (unpaired) electrons. The highest BCUT2D eigenvalue weighted by Crippen LogP contribution is 2.30. The number of benzene rings is 1. The van der Waals surface area contributed by atoms with Crippen molar-refractivity contribution in [3.8, 4) is 10.6 Å². The first-order valence-corrected chi connectivity index (χ1v) is 8.55. The van der Waals surface area contributed by atoms with Crippen LogP contribution in [0, 0.1) is 0 Å². The maximum Gasteiger partial charge on any atom is 0.226 e. The SMILES string of the molecule is CCN[C@H](C)CNC(=O)Cc1csc(-c2ccccc2Cl)n1.Cl.Cl. The van der Waals surface area contributed by atoms with Crippen LogP contribution in [0.1, 0.15) is 19.5 Å². The largest absolute Gasteiger partial charge is 0.354 e. The van der Waals surface area contributed by atoms with Crippen LogP contribution in [0.15, 0.2) is 29.6 Å². The number of amides is 1. The van der Waals surface area contributed by atoms with E-state index >= 15 is 0 Å². The molecule has 0 aliphatic carbocycles. The Bertz CT molecular complexity index is 637. The zero-order chi connectivity index (χ0) is 15.9. The molecule has 0 spiro atoms. The molecule has 2 rings (SSSR count). The van der Waals surface area contributed by atoms with E-state index in [1.165, 1.54) is 11.3 Å². The van der Waals surface area contributed by atoms with E-state index in [0.717, 1.165) is 22.8 Å². The summed E-state index contributed by atoms with van der Waals surface area (Å²) in [5, 5.41) is 9.59. The summed E-state index contributed by atoms with van der Waals surface area (Å²) >= 11 is 7.67. The Labute approximate surface area is 164 Å². The number of aromatic nitrogens is 1. The van der Waals surface area contributed by atoms with Gasteiger partial charge in [-0.3, -0.25) is 4.79 Å². The van der Waals surface area contributed by atoms with Crippen molar-refractivity contribution in [1.29, 1.82) is 0 Å². The van der Waals surface area contributed by atoms with E-state index in [-0.39, 0.29) is 36.8 Å². The quantitative estimate of drug-likeness (QED) is 0.726. The first-order chi connectivity index (χ1) is 10.6. The number of hydrogen-bond donors (Lipinski definition) is 2. The van der Waals surface area contributed by atoms with Gasteiger partial charge < -0.3 is 10.6 Å². The Morgan fingerprint density at radius 2 is 2.04 bits per heavy atom. The van der Waals surface area contributed by atoms with E-state index in [0.29, 0.717) is 18.0 Å². The van der Waals surface area contributed by atoms with Crippen molar-refractivity contribution in [2.45, 2.75) is 26.3 Å². The lowest BCUT2D eigenvalue weighted by Gasteiger charge is -2.12. The monoisotopic (exact) mass is 409 g/mol. The molecule has 0 unspecified atom stereocenters. The number of hydrogen-bond acceptors (Lipinski definition) is 4. The highest BCUT2D eigenvalue weighted by atomic mass is 35.5. The number of thiazole rings is 1.